The fourth-order valence-corrected chi connectivity index (χ4v) is 1.98. The number of unbranched alkanes of at least 4 members (excludes halogenated alkanes) is 1. The molecular formula is C20H19NO3. The van der Waals surface area contributed by atoms with E-state index >= 15 is 0 Å². The zero-order valence-corrected chi connectivity index (χ0v) is 13.6. The van der Waals surface area contributed by atoms with Crippen LogP contribution in [0.4, 0.5) is 0 Å². The molecule has 0 aliphatic carbocycles. The minimum Gasteiger partial charge on any atom is -0.462 e. The smallest absolute Gasteiger partial charge is 0.348 e. The molecule has 0 unspecified atom stereocenters. The zero-order valence-electron chi connectivity index (χ0n) is 13.6. The predicted molar refractivity (Wildman–Crippen MR) is 92.4 cm³/mol. The molecule has 0 fully saturated rings. The van der Waals surface area contributed by atoms with Gasteiger partial charge in [-0.1, -0.05) is 43.7 Å². The van der Waals surface area contributed by atoms with Crippen molar-refractivity contribution in [3.8, 4) is 17.6 Å². The first-order chi connectivity index (χ1) is 11.7. The van der Waals surface area contributed by atoms with E-state index in [0.717, 1.165) is 18.6 Å². The summed E-state index contributed by atoms with van der Waals surface area (Å²) in [6, 6.07) is 18.5. The van der Waals surface area contributed by atoms with Crippen molar-refractivity contribution in [1.29, 1.82) is 5.26 Å². The Bertz CT molecular complexity index is 745. The van der Waals surface area contributed by atoms with Crippen LogP contribution >= 0.6 is 0 Å². The number of nitriles is 1. The van der Waals surface area contributed by atoms with Crippen molar-refractivity contribution in [3.63, 3.8) is 0 Å². The topological polar surface area (TPSA) is 59.3 Å². The van der Waals surface area contributed by atoms with Gasteiger partial charge in [-0.25, -0.2) is 4.79 Å². The number of benzene rings is 2. The van der Waals surface area contributed by atoms with E-state index in [-0.39, 0.29) is 5.57 Å². The van der Waals surface area contributed by atoms with Gasteiger partial charge < -0.3 is 9.47 Å². The highest BCUT2D eigenvalue weighted by Gasteiger charge is 2.10. The van der Waals surface area contributed by atoms with Crippen LogP contribution in [0.2, 0.25) is 0 Å². The van der Waals surface area contributed by atoms with Crippen LogP contribution < -0.4 is 4.74 Å². The van der Waals surface area contributed by atoms with Crippen LogP contribution in [0, 0.1) is 11.3 Å². The average Bonchev–Trinajstić information content (AvgIpc) is 2.61. The Morgan fingerprint density at radius 1 is 1.12 bits per heavy atom. The zero-order chi connectivity index (χ0) is 17.2. The van der Waals surface area contributed by atoms with E-state index in [1.165, 1.54) is 6.08 Å². The van der Waals surface area contributed by atoms with E-state index in [4.69, 9.17) is 14.7 Å². The van der Waals surface area contributed by atoms with Gasteiger partial charge in [0.25, 0.3) is 0 Å². The monoisotopic (exact) mass is 321 g/mol. The van der Waals surface area contributed by atoms with Gasteiger partial charge in [-0.2, -0.15) is 5.26 Å². The Labute approximate surface area is 141 Å². The van der Waals surface area contributed by atoms with Crippen LogP contribution in [-0.4, -0.2) is 12.6 Å². The third kappa shape index (κ3) is 5.29. The van der Waals surface area contributed by atoms with Crippen LogP contribution in [0.1, 0.15) is 25.3 Å². The Hall–Kier alpha value is -3.06. The number of para-hydroxylation sites is 1. The summed E-state index contributed by atoms with van der Waals surface area (Å²) in [5.74, 6) is 0.755. The number of nitrogens with zero attached hydrogens (tertiary/aromatic N) is 1. The molecule has 0 aliphatic heterocycles. The van der Waals surface area contributed by atoms with Gasteiger partial charge in [-0.15, -0.1) is 0 Å². The lowest BCUT2D eigenvalue weighted by molar-refractivity contribution is -0.138. The lowest BCUT2D eigenvalue weighted by atomic mass is 10.1. The van der Waals surface area contributed by atoms with Crippen molar-refractivity contribution in [2.45, 2.75) is 19.8 Å². The molecule has 0 saturated carbocycles. The van der Waals surface area contributed by atoms with Crippen LogP contribution in [0.15, 0.2) is 60.2 Å². The fourth-order valence-electron chi connectivity index (χ4n) is 1.98. The number of carbonyl (C=O) groups is 1. The second-order valence-electron chi connectivity index (χ2n) is 5.15. The molecule has 0 heterocycles. The average molecular weight is 321 g/mol. The minimum atomic E-state index is -0.597. The van der Waals surface area contributed by atoms with Gasteiger partial charge in [0.2, 0.25) is 0 Å². The van der Waals surface area contributed by atoms with Crippen molar-refractivity contribution >= 4 is 12.0 Å². The molecule has 2 rings (SSSR count). The Kier molecular flexibility index (Phi) is 6.60. The van der Waals surface area contributed by atoms with E-state index in [1.54, 1.807) is 12.1 Å². The van der Waals surface area contributed by atoms with Gasteiger partial charge in [0, 0.05) is 0 Å². The second-order valence-corrected chi connectivity index (χ2v) is 5.15. The van der Waals surface area contributed by atoms with E-state index < -0.39 is 5.97 Å². The molecule has 0 bridgehead atoms. The summed E-state index contributed by atoms with van der Waals surface area (Å²) in [5, 5.41) is 9.17. The van der Waals surface area contributed by atoms with Gasteiger partial charge in [0.05, 0.1) is 6.61 Å². The third-order valence-corrected chi connectivity index (χ3v) is 3.22. The molecule has 122 valence electrons. The molecular weight excluding hydrogens is 302 g/mol. The normalized spacial score (nSPS) is 10.8. The highest BCUT2D eigenvalue weighted by atomic mass is 16.5. The van der Waals surface area contributed by atoms with E-state index in [0.29, 0.717) is 17.9 Å². The van der Waals surface area contributed by atoms with Crippen molar-refractivity contribution < 1.29 is 14.3 Å². The summed E-state index contributed by atoms with van der Waals surface area (Å²) < 4.78 is 10.8. The molecule has 2 aromatic carbocycles. The van der Waals surface area contributed by atoms with Gasteiger partial charge in [-0.05, 0) is 42.3 Å². The largest absolute Gasteiger partial charge is 0.462 e. The molecule has 4 nitrogen and oxygen atoms in total. The maximum atomic E-state index is 11.9. The van der Waals surface area contributed by atoms with Crippen LogP contribution in [0.5, 0.6) is 11.5 Å². The molecule has 0 N–H and O–H groups in total. The predicted octanol–water partition coefficient (Wildman–Crippen LogP) is 4.73. The number of esters is 1. The summed E-state index contributed by atoms with van der Waals surface area (Å²) in [4.78, 5) is 11.9. The van der Waals surface area contributed by atoms with Crippen LogP contribution in [-0.2, 0) is 9.53 Å². The Balaban J connectivity index is 2.11. The molecule has 0 saturated heterocycles. The molecule has 0 atom stereocenters. The van der Waals surface area contributed by atoms with Crippen LogP contribution in [0.3, 0.4) is 0 Å². The first-order valence-corrected chi connectivity index (χ1v) is 7.85. The Morgan fingerprint density at radius 2 is 1.88 bits per heavy atom. The maximum Gasteiger partial charge on any atom is 0.348 e. The highest BCUT2D eigenvalue weighted by molar-refractivity contribution is 5.97. The molecule has 0 amide bonds. The number of hydrogen-bond acceptors (Lipinski definition) is 4. The number of ether oxygens (including phenoxy) is 2. The first-order valence-electron chi connectivity index (χ1n) is 7.85. The molecule has 2 aromatic rings. The van der Waals surface area contributed by atoms with E-state index in [9.17, 15) is 4.79 Å². The lowest BCUT2D eigenvalue weighted by Crippen LogP contribution is -2.07. The quantitative estimate of drug-likeness (QED) is 0.320. The molecule has 24 heavy (non-hydrogen) atoms. The summed E-state index contributed by atoms with van der Waals surface area (Å²) in [7, 11) is 0. The van der Waals surface area contributed by atoms with Crippen molar-refractivity contribution in [2.75, 3.05) is 6.61 Å². The second kappa shape index (κ2) is 9.16. The van der Waals surface area contributed by atoms with E-state index in [1.807, 2.05) is 55.5 Å². The molecule has 0 aromatic heterocycles. The summed E-state index contributed by atoms with van der Waals surface area (Å²) in [6.45, 7) is 2.33. The summed E-state index contributed by atoms with van der Waals surface area (Å²) >= 11 is 0. The SMILES string of the molecule is CCCCOC(=O)/C(C#N)=C/c1cccc(Oc2ccccc2)c1. The van der Waals surface area contributed by atoms with Gasteiger partial charge in [0.15, 0.2) is 0 Å². The molecule has 0 radical (unpaired) electrons. The molecule has 4 heteroatoms. The maximum absolute atomic E-state index is 11.9. The van der Waals surface area contributed by atoms with Gasteiger partial charge in [0.1, 0.15) is 23.1 Å². The number of hydrogen-bond donors (Lipinski definition) is 0. The van der Waals surface area contributed by atoms with E-state index in [2.05, 4.69) is 0 Å². The lowest BCUT2D eigenvalue weighted by Gasteiger charge is -2.06. The van der Waals surface area contributed by atoms with Crippen molar-refractivity contribution in [1.82, 2.24) is 0 Å². The summed E-state index contributed by atoms with van der Waals surface area (Å²) in [6.07, 6.45) is 3.22. The molecule has 0 spiro atoms. The number of rotatable bonds is 7. The first kappa shape index (κ1) is 17.3. The molecule has 0 aliphatic rings. The standard InChI is InChI=1S/C20H19NO3/c1-2-3-12-23-20(22)17(15-21)13-16-8-7-11-19(14-16)24-18-9-5-4-6-10-18/h4-11,13-14H,2-3,12H2,1H3/b17-13+. The van der Waals surface area contributed by atoms with Crippen molar-refractivity contribution in [3.05, 3.63) is 65.7 Å². The fraction of sp³-hybridized carbons (Fsp3) is 0.200. The highest BCUT2D eigenvalue weighted by Crippen LogP contribution is 2.22. The summed E-state index contributed by atoms with van der Waals surface area (Å²) in [5.41, 5.74) is 0.676. The van der Waals surface area contributed by atoms with Gasteiger partial charge in [-0.3, -0.25) is 0 Å². The van der Waals surface area contributed by atoms with Gasteiger partial charge >= 0.3 is 5.97 Å². The number of carbonyl (C=O) groups excluding carboxylic acids is 1. The minimum absolute atomic E-state index is 0.0250. The Morgan fingerprint density at radius 3 is 2.58 bits per heavy atom. The van der Waals surface area contributed by atoms with Crippen molar-refractivity contribution in [2.24, 2.45) is 0 Å². The third-order valence-electron chi connectivity index (χ3n) is 3.22. The van der Waals surface area contributed by atoms with Crippen LogP contribution in [0.25, 0.3) is 6.08 Å².